The Morgan fingerprint density at radius 1 is 1.24 bits per heavy atom. The second kappa shape index (κ2) is 5.47. The van der Waals surface area contributed by atoms with Crippen LogP contribution in [0.2, 0.25) is 0 Å². The van der Waals surface area contributed by atoms with Crippen molar-refractivity contribution in [2.75, 3.05) is 18.7 Å². The van der Waals surface area contributed by atoms with E-state index in [9.17, 15) is 9.59 Å². The van der Waals surface area contributed by atoms with E-state index in [1.807, 2.05) is 0 Å². The van der Waals surface area contributed by atoms with Gasteiger partial charge in [-0.3, -0.25) is 9.59 Å². The number of rotatable bonds is 5. The van der Waals surface area contributed by atoms with E-state index in [4.69, 9.17) is 9.47 Å². The first-order valence-electron chi connectivity index (χ1n) is 6.78. The van der Waals surface area contributed by atoms with Crippen molar-refractivity contribution in [1.29, 1.82) is 0 Å². The van der Waals surface area contributed by atoms with Crippen molar-refractivity contribution >= 4 is 17.5 Å². The zero-order chi connectivity index (χ0) is 14.8. The minimum absolute atomic E-state index is 0.0965. The molecule has 2 unspecified atom stereocenters. The van der Waals surface area contributed by atoms with Crippen LogP contribution in [0.4, 0.5) is 5.69 Å². The van der Waals surface area contributed by atoms with Crippen LogP contribution in [-0.2, 0) is 9.59 Å². The van der Waals surface area contributed by atoms with Gasteiger partial charge in [0.05, 0.1) is 11.8 Å². The average Bonchev–Trinajstić information content (AvgIpc) is 3.16. The summed E-state index contributed by atoms with van der Waals surface area (Å²) in [6, 6.07) is 5.22. The van der Waals surface area contributed by atoms with E-state index in [1.165, 1.54) is 0 Å². The fourth-order valence-electron chi connectivity index (χ4n) is 2.29. The minimum atomic E-state index is -0.264. The van der Waals surface area contributed by atoms with E-state index < -0.39 is 0 Å². The Hall–Kier alpha value is -2.50. The number of benzene rings is 1. The zero-order valence-corrected chi connectivity index (χ0v) is 11.4. The largest absolute Gasteiger partial charge is 0.454 e. The van der Waals surface area contributed by atoms with E-state index >= 15 is 0 Å². The minimum Gasteiger partial charge on any atom is -0.454 e. The molecule has 2 N–H and O–H groups in total. The van der Waals surface area contributed by atoms with E-state index in [2.05, 4.69) is 17.2 Å². The molecule has 3 rings (SSSR count). The highest BCUT2D eigenvalue weighted by Crippen LogP contribution is 2.40. The van der Waals surface area contributed by atoms with Crippen LogP contribution in [0, 0.1) is 11.8 Å². The second-order valence-corrected chi connectivity index (χ2v) is 5.04. The Kier molecular flexibility index (Phi) is 3.51. The molecule has 1 aromatic carbocycles. The van der Waals surface area contributed by atoms with Gasteiger partial charge in [-0.05, 0) is 18.6 Å². The molecule has 6 nitrogen and oxygen atoms in total. The molecule has 2 atom stereocenters. The average molecular weight is 288 g/mol. The molecule has 2 aliphatic rings. The summed E-state index contributed by atoms with van der Waals surface area (Å²) in [7, 11) is 0. The molecule has 0 aromatic heterocycles. The first-order valence-corrected chi connectivity index (χ1v) is 6.78. The van der Waals surface area contributed by atoms with Crippen LogP contribution in [0.15, 0.2) is 30.9 Å². The highest BCUT2D eigenvalue weighted by atomic mass is 16.7. The van der Waals surface area contributed by atoms with Gasteiger partial charge >= 0.3 is 0 Å². The van der Waals surface area contributed by atoms with E-state index in [0.29, 0.717) is 30.2 Å². The number of nitrogens with one attached hydrogen (secondary N) is 2. The zero-order valence-electron chi connectivity index (χ0n) is 11.4. The smallest absolute Gasteiger partial charge is 0.231 e. The molecule has 1 aliphatic heterocycles. The Bertz CT molecular complexity index is 599. The summed E-state index contributed by atoms with van der Waals surface area (Å²) in [5.74, 6) is 0.539. The van der Waals surface area contributed by atoms with Crippen LogP contribution in [0.3, 0.4) is 0 Å². The SMILES string of the molecule is C=CCNC(=O)C1CC1C(=O)Nc1ccc2c(c1)OCO2. The van der Waals surface area contributed by atoms with Crippen LogP contribution in [-0.4, -0.2) is 25.2 Å². The topological polar surface area (TPSA) is 76.7 Å². The number of hydrogen-bond donors (Lipinski definition) is 2. The molecule has 1 saturated carbocycles. The Labute approximate surface area is 122 Å². The van der Waals surface area contributed by atoms with Gasteiger partial charge in [0.2, 0.25) is 18.6 Å². The first kappa shape index (κ1) is 13.5. The molecule has 0 radical (unpaired) electrons. The van der Waals surface area contributed by atoms with Gasteiger partial charge in [-0.25, -0.2) is 0 Å². The van der Waals surface area contributed by atoms with Gasteiger partial charge in [-0.15, -0.1) is 6.58 Å². The maximum Gasteiger partial charge on any atom is 0.231 e. The summed E-state index contributed by atoms with van der Waals surface area (Å²) in [4.78, 5) is 23.8. The fourth-order valence-corrected chi connectivity index (χ4v) is 2.29. The predicted molar refractivity (Wildman–Crippen MR) is 76.0 cm³/mol. The molecule has 0 spiro atoms. The Morgan fingerprint density at radius 2 is 2.00 bits per heavy atom. The van der Waals surface area contributed by atoms with Crippen LogP contribution >= 0.6 is 0 Å². The molecule has 1 aliphatic carbocycles. The highest BCUT2D eigenvalue weighted by Gasteiger charge is 2.47. The van der Waals surface area contributed by atoms with Crippen molar-refractivity contribution in [2.45, 2.75) is 6.42 Å². The molecule has 1 fully saturated rings. The lowest BCUT2D eigenvalue weighted by Crippen LogP contribution is -2.27. The Balaban J connectivity index is 1.56. The maximum atomic E-state index is 12.1. The maximum absolute atomic E-state index is 12.1. The number of fused-ring (bicyclic) bond motifs is 1. The van der Waals surface area contributed by atoms with Crippen LogP contribution in [0.25, 0.3) is 0 Å². The molecule has 110 valence electrons. The summed E-state index contributed by atoms with van der Waals surface area (Å²) in [6.07, 6.45) is 2.20. The normalized spacial score (nSPS) is 21.5. The lowest BCUT2D eigenvalue weighted by molar-refractivity contribution is -0.125. The van der Waals surface area contributed by atoms with Crippen molar-refractivity contribution in [2.24, 2.45) is 11.8 Å². The van der Waals surface area contributed by atoms with Gasteiger partial charge in [-0.1, -0.05) is 6.08 Å². The monoisotopic (exact) mass is 288 g/mol. The molecule has 21 heavy (non-hydrogen) atoms. The van der Waals surface area contributed by atoms with E-state index in [0.717, 1.165) is 0 Å². The molecular formula is C15H16N2O4. The van der Waals surface area contributed by atoms with E-state index in [-0.39, 0.29) is 30.4 Å². The van der Waals surface area contributed by atoms with Gasteiger partial charge in [0, 0.05) is 18.3 Å². The summed E-state index contributed by atoms with van der Waals surface area (Å²) >= 11 is 0. The fraction of sp³-hybridized carbons (Fsp3) is 0.333. The highest BCUT2D eigenvalue weighted by molar-refractivity contribution is 5.99. The van der Waals surface area contributed by atoms with Crippen molar-refractivity contribution in [3.63, 3.8) is 0 Å². The van der Waals surface area contributed by atoms with Crippen molar-refractivity contribution in [1.82, 2.24) is 5.32 Å². The van der Waals surface area contributed by atoms with Crippen molar-refractivity contribution in [3.05, 3.63) is 30.9 Å². The molecule has 1 heterocycles. The molecule has 0 bridgehead atoms. The molecule has 2 amide bonds. The third-order valence-corrected chi connectivity index (χ3v) is 3.52. The number of ether oxygens (including phenoxy) is 2. The number of hydrogen-bond acceptors (Lipinski definition) is 4. The number of amides is 2. The number of anilines is 1. The summed E-state index contributed by atoms with van der Waals surface area (Å²) < 4.78 is 10.5. The lowest BCUT2D eigenvalue weighted by Gasteiger charge is -2.06. The van der Waals surface area contributed by atoms with Gasteiger partial charge in [0.15, 0.2) is 11.5 Å². The van der Waals surface area contributed by atoms with Crippen LogP contribution in [0.5, 0.6) is 11.5 Å². The third kappa shape index (κ3) is 2.84. The van der Waals surface area contributed by atoms with Gasteiger partial charge in [-0.2, -0.15) is 0 Å². The van der Waals surface area contributed by atoms with Gasteiger partial charge in [0.25, 0.3) is 0 Å². The predicted octanol–water partition coefficient (Wildman–Crippen LogP) is 1.29. The summed E-state index contributed by atoms with van der Waals surface area (Å²) in [6.45, 7) is 4.15. The number of carbonyl (C=O) groups is 2. The van der Waals surface area contributed by atoms with Gasteiger partial charge < -0.3 is 20.1 Å². The lowest BCUT2D eigenvalue weighted by atomic mass is 10.2. The molecule has 6 heteroatoms. The molecule has 0 saturated heterocycles. The summed E-state index contributed by atoms with van der Waals surface area (Å²) in [5, 5.41) is 5.50. The Morgan fingerprint density at radius 3 is 2.81 bits per heavy atom. The second-order valence-electron chi connectivity index (χ2n) is 5.04. The van der Waals surface area contributed by atoms with Crippen molar-refractivity contribution < 1.29 is 19.1 Å². The van der Waals surface area contributed by atoms with Crippen LogP contribution < -0.4 is 20.1 Å². The standard InChI is InChI=1S/C15H16N2O4/c1-2-5-16-14(18)10-7-11(10)15(19)17-9-3-4-12-13(6-9)21-8-20-12/h2-4,6,10-11H,1,5,7-8H2,(H,16,18)(H,17,19). The van der Waals surface area contributed by atoms with E-state index in [1.54, 1.807) is 24.3 Å². The van der Waals surface area contributed by atoms with Crippen molar-refractivity contribution in [3.8, 4) is 11.5 Å². The molecule has 1 aromatic rings. The quantitative estimate of drug-likeness (QED) is 0.801. The molecular weight excluding hydrogens is 272 g/mol. The van der Waals surface area contributed by atoms with Crippen LogP contribution in [0.1, 0.15) is 6.42 Å². The third-order valence-electron chi connectivity index (χ3n) is 3.52. The summed E-state index contributed by atoms with van der Waals surface area (Å²) in [5.41, 5.74) is 0.640. The first-order chi connectivity index (χ1) is 10.2. The van der Waals surface area contributed by atoms with Gasteiger partial charge in [0.1, 0.15) is 0 Å². The number of carbonyl (C=O) groups excluding carboxylic acids is 2.